The molecular formula is C12H25N5. The first kappa shape index (κ1) is 16.0. The van der Waals surface area contributed by atoms with Crippen molar-refractivity contribution in [2.24, 2.45) is 17.2 Å². The molecule has 0 saturated heterocycles. The molecule has 0 fully saturated rings. The van der Waals surface area contributed by atoms with Crippen molar-refractivity contribution in [1.29, 1.82) is 0 Å². The lowest BCUT2D eigenvalue weighted by atomic mass is 10.2. The number of aryl methyl sites for hydroxylation is 1. The Morgan fingerprint density at radius 1 is 1.12 bits per heavy atom. The van der Waals surface area contributed by atoms with E-state index in [-0.39, 0.29) is 0 Å². The van der Waals surface area contributed by atoms with Crippen molar-refractivity contribution < 1.29 is 0 Å². The van der Waals surface area contributed by atoms with E-state index in [1.165, 1.54) is 5.56 Å². The predicted molar refractivity (Wildman–Crippen MR) is 72.5 cm³/mol. The summed E-state index contributed by atoms with van der Waals surface area (Å²) in [5.41, 5.74) is 17.7. The molecule has 0 radical (unpaired) electrons. The molecule has 0 aromatic carbocycles. The van der Waals surface area contributed by atoms with Gasteiger partial charge in [0.15, 0.2) is 0 Å². The minimum absolute atomic E-state index is 0.680. The minimum atomic E-state index is 0.680. The second-order valence-corrected chi connectivity index (χ2v) is 3.70. The third-order valence-electron chi connectivity index (χ3n) is 2.03. The number of hydrogen-bond donors (Lipinski definition) is 4. The molecular weight excluding hydrogens is 214 g/mol. The van der Waals surface area contributed by atoms with Crippen LogP contribution in [-0.2, 0) is 6.54 Å². The zero-order chi connectivity index (χ0) is 12.9. The van der Waals surface area contributed by atoms with Crippen molar-refractivity contribution in [2.45, 2.75) is 19.9 Å². The molecule has 0 amide bonds. The molecule has 0 atom stereocenters. The van der Waals surface area contributed by atoms with Crippen LogP contribution >= 0.6 is 0 Å². The Bertz CT molecular complexity index is 258. The second-order valence-electron chi connectivity index (χ2n) is 3.70. The van der Waals surface area contributed by atoms with Crippen molar-refractivity contribution in [3.05, 3.63) is 29.6 Å². The molecule has 0 saturated carbocycles. The van der Waals surface area contributed by atoms with Crippen molar-refractivity contribution in [2.75, 3.05) is 26.2 Å². The summed E-state index contributed by atoms with van der Waals surface area (Å²) in [6.07, 6.45) is 2.83. The quantitative estimate of drug-likeness (QED) is 0.512. The van der Waals surface area contributed by atoms with Crippen molar-refractivity contribution in [1.82, 2.24) is 10.3 Å². The smallest absolute Gasteiger partial charge is 0.0372 e. The highest BCUT2D eigenvalue weighted by Crippen LogP contribution is 1.97. The van der Waals surface area contributed by atoms with Gasteiger partial charge in [-0.15, -0.1) is 0 Å². The SMILES string of the molecule is Cc1ccc(CNCCN)cn1.NCCCN. The zero-order valence-electron chi connectivity index (χ0n) is 10.7. The summed E-state index contributed by atoms with van der Waals surface area (Å²) in [6, 6.07) is 4.09. The molecule has 1 rings (SSSR count). The van der Waals surface area contributed by atoms with E-state index in [0.29, 0.717) is 6.54 Å². The molecule has 5 heteroatoms. The van der Waals surface area contributed by atoms with Gasteiger partial charge in [0.1, 0.15) is 0 Å². The first-order valence-electron chi connectivity index (χ1n) is 5.97. The van der Waals surface area contributed by atoms with E-state index in [9.17, 15) is 0 Å². The lowest BCUT2D eigenvalue weighted by Crippen LogP contribution is -2.21. The van der Waals surface area contributed by atoms with Gasteiger partial charge in [0.25, 0.3) is 0 Å². The number of nitrogens with one attached hydrogen (secondary N) is 1. The van der Waals surface area contributed by atoms with Crippen LogP contribution in [0.3, 0.4) is 0 Å². The third-order valence-corrected chi connectivity index (χ3v) is 2.03. The lowest BCUT2D eigenvalue weighted by molar-refractivity contribution is 0.693. The van der Waals surface area contributed by atoms with Gasteiger partial charge in [-0.3, -0.25) is 4.98 Å². The van der Waals surface area contributed by atoms with Crippen LogP contribution in [0, 0.1) is 6.92 Å². The predicted octanol–water partition coefficient (Wildman–Crippen LogP) is -0.268. The molecule has 1 heterocycles. The van der Waals surface area contributed by atoms with Crippen molar-refractivity contribution >= 4 is 0 Å². The molecule has 17 heavy (non-hydrogen) atoms. The number of nitrogens with two attached hydrogens (primary N) is 3. The molecule has 1 aromatic rings. The van der Waals surface area contributed by atoms with Gasteiger partial charge in [-0.1, -0.05) is 6.07 Å². The van der Waals surface area contributed by atoms with Crippen LogP contribution in [0.25, 0.3) is 0 Å². The van der Waals surface area contributed by atoms with Gasteiger partial charge in [-0.05, 0) is 38.1 Å². The topological polar surface area (TPSA) is 103 Å². The summed E-state index contributed by atoms with van der Waals surface area (Å²) in [6.45, 7) is 5.81. The summed E-state index contributed by atoms with van der Waals surface area (Å²) < 4.78 is 0. The zero-order valence-corrected chi connectivity index (χ0v) is 10.7. The minimum Gasteiger partial charge on any atom is -0.330 e. The summed E-state index contributed by atoms with van der Waals surface area (Å²) >= 11 is 0. The largest absolute Gasteiger partial charge is 0.330 e. The second kappa shape index (κ2) is 11.5. The van der Waals surface area contributed by atoms with Gasteiger partial charge < -0.3 is 22.5 Å². The van der Waals surface area contributed by atoms with E-state index in [2.05, 4.69) is 16.4 Å². The Kier molecular flexibility index (Phi) is 10.8. The summed E-state index contributed by atoms with van der Waals surface area (Å²) in [5, 5.41) is 3.21. The number of aromatic nitrogens is 1. The van der Waals surface area contributed by atoms with Crippen molar-refractivity contribution in [3.63, 3.8) is 0 Å². The Morgan fingerprint density at radius 2 is 1.82 bits per heavy atom. The molecule has 0 aliphatic heterocycles. The third kappa shape index (κ3) is 9.89. The van der Waals surface area contributed by atoms with Gasteiger partial charge in [-0.25, -0.2) is 0 Å². The number of rotatable bonds is 6. The first-order chi connectivity index (χ1) is 8.24. The summed E-state index contributed by atoms with van der Waals surface area (Å²) in [7, 11) is 0. The molecule has 5 nitrogen and oxygen atoms in total. The fraction of sp³-hybridized carbons (Fsp3) is 0.583. The number of pyridine rings is 1. The molecule has 0 unspecified atom stereocenters. The van der Waals surface area contributed by atoms with Gasteiger partial charge in [0.05, 0.1) is 0 Å². The van der Waals surface area contributed by atoms with Gasteiger partial charge in [-0.2, -0.15) is 0 Å². The fourth-order valence-corrected chi connectivity index (χ4v) is 1.06. The molecule has 1 aromatic heterocycles. The molecule has 7 N–H and O–H groups in total. The Hall–Kier alpha value is -1.01. The fourth-order valence-electron chi connectivity index (χ4n) is 1.06. The molecule has 0 bridgehead atoms. The molecule has 0 spiro atoms. The van der Waals surface area contributed by atoms with E-state index in [0.717, 1.165) is 38.3 Å². The maximum Gasteiger partial charge on any atom is 0.0372 e. The summed E-state index contributed by atoms with van der Waals surface area (Å²) in [5.74, 6) is 0. The highest BCUT2D eigenvalue weighted by atomic mass is 14.9. The number of hydrogen-bond acceptors (Lipinski definition) is 5. The molecule has 0 aliphatic rings. The number of nitrogens with zero attached hydrogens (tertiary/aromatic N) is 1. The van der Waals surface area contributed by atoms with E-state index in [1.807, 2.05) is 19.2 Å². The maximum absolute atomic E-state index is 5.34. The Morgan fingerprint density at radius 3 is 2.24 bits per heavy atom. The average molecular weight is 239 g/mol. The summed E-state index contributed by atoms with van der Waals surface area (Å²) in [4.78, 5) is 4.19. The standard InChI is InChI=1S/C9H15N3.C3H10N2/c1-8-2-3-9(7-12-8)6-11-5-4-10;4-2-1-3-5/h2-3,7,11H,4-6,10H2,1H3;1-5H2. The Balaban J connectivity index is 0.000000437. The lowest BCUT2D eigenvalue weighted by Gasteiger charge is -2.02. The van der Waals surface area contributed by atoms with Gasteiger partial charge in [0.2, 0.25) is 0 Å². The first-order valence-corrected chi connectivity index (χ1v) is 5.97. The van der Waals surface area contributed by atoms with Crippen LogP contribution in [0.1, 0.15) is 17.7 Å². The van der Waals surface area contributed by atoms with Gasteiger partial charge in [0, 0.05) is 31.5 Å². The maximum atomic E-state index is 5.34. The molecule has 0 aliphatic carbocycles. The average Bonchev–Trinajstić information content (AvgIpc) is 2.34. The normalized spacial score (nSPS) is 9.65. The van der Waals surface area contributed by atoms with Gasteiger partial charge >= 0.3 is 0 Å². The molecule has 98 valence electrons. The highest BCUT2D eigenvalue weighted by molar-refractivity contribution is 5.12. The van der Waals surface area contributed by atoms with Crippen molar-refractivity contribution in [3.8, 4) is 0 Å². The van der Waals surface area contributed by atoms with Crippen LogP contribution in [0.15, 0.2) is 18.3 Å². The van der Waals surface area contributed by atoms with Crippen LogP contribution in [0.4, 0.5) is 0 Å². The highest BCUT2D eigenvalue weighted by Gasteiger charge is 1.91. The van der Waals surface area contributed by atoms with E-state index in [4.69, 9.17) is 17.2 Å². The van der Waals surface area contributed by atoms with Crippen LogP contribution in [0.2, 0.25) is 0 Å². The van der Waals surface area contributed by atoms with Crippen LogP contribution < -0.4 is 22.5 Å². The van der Waals surface area contributed by atoms with E-state index >= 15 is 0 Å². The van der Waals surface area contributed by atoms with E-state index in [1.54, 1.807) is 0 Å². The Labute approximate surface area is 104 Å². The van der Waals surface area contributed by atoms with Crippen LogP contribution in [0.5, 0.6) is 0 Å². The van der Waals surface area contributed by atoms with Crippen LogP contribution in [-0.4, -0.2) is 31.2 Å². The monoisotopic (exact) mass is 239 g/mol. The van der Waals surface area contributed by atoms with E-state index < -0.39 is 0 Å².